The number of rotatable bonds is 5. The van der Waals surface area contributed by atoms with E-state index in [1.165, 1.54) is 0 Å². The van der Waals surface area contributed by atoms with E-state index in [4.69, 9.17) is 10.5 Å². The Hall–Kier alpha value is -1.10. The lowest BCUT2D eigenvalue weighted by atomic mass is 10.0. The van der Waals surface area contributed by atoms with Gasteiger partial charge in [-0.25, -0.2) is 0 Å². The molecule has 4 N–H and O–H groups in total. The molecule has 15 heavy (non-hydrogen) atoms. The molecule has 1 aromatic carbocycles. The molecule has 2 unspecified atom stereocenters. The number of aliphatic hydroxyl groups is 2. The molecule has 0 spiro atoms. The molecule has 0 saturated heterocycles. The van der Waals surface area contributed by atoms with Gasteiger partial charge < -0.3 is 20.7 Å². The molecule has 2 atom stereocenters. The maximum Gasteiger partial charge on any atom is 0.118 e. The summed E-state index contributed by atoms with van der Waals surface area (Å²) in [4.78, 5) is 0. The van der Waals surface area contributed by atoms with Crippen molar-refractivity contribution in [3.05, 3.63) is 29.8 Å². The highest BCUT2D eigenvalue weighted by Crippen LogP contribution is 2.21. The van der Waals surface area contributed by atoms with Gasteiger partial charge in [-0.05, 0) is 30.7 Å². The molecular formula is C11H17NO3. The minimum atomic E-state index is -0.889. The van der Waals surface area contributed by atoms with Gasteiger partial charge in [0.25, 0.3) is 0 Å². The number of benzene rings is 1. The summed E-state index contributed by atoms with van der Waals surface area (Å²) in [6, 6.07) is 6.94. The van der Waals surface area contributed by atoms with Crippen molar-refractivity contribution in [1.29, 1.82) is 0 Å². The quantitative estimate of drug-likeness (QED) is 0.660. The fourth-order valence-corrected chi connectivity index (χ4v) is 1.35. The standard InChI is InChI=1S/C11H17NO3/c1-15-9-4-2-8(3-5-9)11(14)10(13)6-7-12/h2-5,10-11,13-14H,6-7,12H2,1H3. The Morgan fingerprint density at radius 2 is 1.87 bits per heavy atom. The fourth-order valence-electron chi connectivity index (χ4n) is 1.35. The molecule has 0 aromatic heterocycles. The van der Waals surface area contributed by atoms with Crippen LogP contribution in [0.15, 0.2) is 24.3 Å². The SMILES string of the molecule is COc1ccc(C(O)C(O)CCN)cc1. The zero-order valence-corrected chi connectivity index (χ0v) is 8.76. The smallest absolute Gasteiger partial charge is 0.118 e. The first kappa shape index (κ1) is 12.0. The molecule has 1 aromatic rings. The monoisotopic (exact) mass is 211 g/mol. The summed E-state index contributed by atoms with van der Waals surface area (Å²) in [5.41, 5.74) is 5.96. The Balaban J connectivity index is 2.69. The molecular weight excluding hydrogens is 194 g/mol. The summed E-state index contributed by atoms with van der Waals surface area (Å²) >= 11 is 0. The third kappa shape index (κ3) is 3.20. The zero-order valence-electron chi connectivity index (χ0n) is 8.76. The van der Waals surface area contributed by atoms with E-state index in [1.54, 1.807) is 31.4 Å². The summed E-state index contributed by atoms with van der Waals surface area (Å²) in [7, 11) is 1.58. The van der Waals surface area contributed by atoms with E-state index >= 15 is 0 Å². The van der Waals surface area contributed by atoms with Gasteiger partial charge in [-0.15, -0.1) is 0 Å². The van der Waals surface area contributed by atoms with E-state index in [-0.39, 0.29) is 0 Å². The summed E-state index contributed by atoms with van der Waals surface area (Å²) in [6.45, 7) is 0.356. The molecule has 4 heteroatoms. The number of nitrogens with two attached hydrogens (primary N) is 1. The number of methoxy groups -OCH3 is 1. The van der Waals surface area contributed by atoms with Crippen molar-refractivity contribution in [3.8, 4) is 5.75 Å². The van der Waals surface area contributed by atoms with Crippen molar-refractivity contribution in [2.45, 2.75) is 18.6 Å². The molecule has 0 aliphatic carbocycles. The summed E-state index contributed by atoms with van der Waals surface area (Å²) < 4.78 is 4.99. The van der Waals surface area contributed by atoms with Crippen LogP contribution in [0.3, 0.4) is 0 Å². The average Bonchev–Trinajstić information content (AvgIpc) is 2.28. The molecule has 0 heterocycles. The number of hydrogen-bond acceptors (Lipinski definition) is 4. The van der Waals surface area contributed by atoms with Crippen LogP contribution in [0.25, 0.3) is 0 Å². The average molecular weight is 211 g/mol. The molecule has 84 valence electrons. The molecule has 0 saturated carbocycles. The highest BCUT2D eigenvalue weighted by Gasteiger charge is 2.17. The first-order chi connectivity index (χ1) is 7.19. The molecule has 0 fully saturated rings. The van der Waals surface area contributed by atoms with Gasteiger partial charge in [-0.3, -0.25) is 0 Å². The van der Waals surface area contributed by atoms with E-state index in [2.05, 4.69) is 0 Å². The molecule has 0 aliphatic rings. The third-order valence-corrected chi connectivity index (χ3v) is 2.28. The minimum Gasteiger partial charge on any atom is -0.497 e. The van der Waals surface area contributed by atoms with Crippen LogP contribution in [0.1, 0.15) is 18.1 Å². The van der Waals surface area contributed by atoms with Gasteiger partial charge in [0.15, 0.2) is 0 Å². The maximum absolute atomic E-state index is 9.74. The molecule has 0 aliphatic heterocycles. The second-order valence-electron chi connectivity index (χ2n) is 3.36. The molecule has 4 nitrogen and oxygen atoms in total. The van der Waals surface area contributed by atoms with Gasteiger partial charge in [0.05, 0.1) is 13.2 Å². The summed E-state index contributed by atoms with van der Waals surface area (Å²) in [5, 5.41) is 19.3. The van der Waals surface area contributed by atoms with Crippen molar-refractivity contribution in [2.24, 2.45) is 5.73 Å². The van der Waals surface area contributed by atoms with Gasteiger partial charge in [0.2, 0.25) is 0 Å². The van der Waals surface area contributed by atoms with Crippen molar-refractivity contribution in [2.75, 3.05) is 13.7 Å². The minimum absolute atomic E-state index is 0.356. The third-order valence-electron chi connectivity index (χ3n) is 2.28. The van der Waals surface area contributed by atoms with Crippen LogP contribution in [-0.4, -0.2) is 30.0 Å². The van der Waals surface area contributed by atoms with Gasteiger partial charge in [0, 0.05) is 0 Å². The normalized spacial score (nSPS) is 14.7. The van der Waals surface area contributed by atoms with Gasteiger partial charge in [-0.1, -0.05) is 12.1 Å². The second kappa shape index (κ2) is 5.70. The fraction of sp³-hybridized carbons (Fsp3) is 0.455. The number of hydrogen-bond donors (Lipinski definition) is 3. The first-order valence-electron chi connectivity index (χ1n) is 4.89. The van der Waals surface area contributed by atoms with Crippen molar-refractivity contribution >= 4 is 0 Å². The highest BCUT2D eigenvalue weighted by molar-refractivity contribution is 5.28. The predicted octanol–water partition coefficient (Wildman–Crippen LogP) is 0.438. The number of aliphatic hydroxyl groups excluding tert-OH is 2. The summed E-state index contributed by atoms with van der Waals surface area (Å²) in [5.74, 6) is 0.722. The van der Waals surface area contributed by atoms with Crippen molar-refractivity contribution in [1.82, 2.24) is 0 Å². The first-order valence-corrected chi connectivity index (χ1v) is 4.89. The largest absolute Gasteiger partial charge is 0.497 e. The predicted molar refractivity (Wildman–Crippen MR) is 57.6 cm³/mol. The lowest BCUT2D eigenvalue weighted by molar-refractivity contribution is 0.0150. The Labute approximate surface area is 89.3 Å². The lowest BCUT2D eigenvalue weighted by Crippen LogP contribution is -2.21. The molecule has 0 radical (unpaired) electrons. The Bertz CT molecular complexity index is 286. The van der Waals surface area contributed by atoms with E-state index in [0.29, 0.717) is 18.5 Å². The van der Waals surface area contributed by atoms with Crippen LogP contribution in [0.2, 0.25) is 0 Å². The highest BCUT2D eigenvalue weighted by atomic mass is 16.5. The molecule has 0 bridgehead atoms. The van der Waals surface area contributed by atoms with Crippen molar-refractivity contribution in [3.63, 3.8) is 0 Å². The summed E-state index contributed by atoms with van der Waals surface area (Å²) in [6.07, 6.45) is -1.32. The van der Waals surface area contributed by atoms with Crippen LogP contribution < -0.4 is 10.5 Å². The zero-order chi connectivity index (χ0) is 11.3. The van der Waals surface area contributed by atoms with Crippen LogP contribution in [0.5, 0.6) is 5.75 Å². The van der Waals surface area contributed by atoms with E-state index in [0.717, 1.165) is 5.75 Å². The van der Waals surface area contributed by atoms with Gasteiger partial charge in [-0.2, -0.15) is 0 Å². The second-order valence-corrected chi connectivity index (χ2v) is 3.36. The van der Waals surface area contributed by atoms with E-state index in [1.807, 2.05) is 0 Å². The Morgan fingerprint density at radius 1 is 1.27 bits per heavy atom. The lowest BCUT2D eigenvalue weighted by Gasteiger charge is -2.17. The van der Waals surface area contributed by atoms with Crippen LogP contribution >= 0.6 is 0 Å². The Morgan fingerprint density at radius 3 is 2.33 bits per heavy atom. The maximum atomic E-state index is 9.74. The topological polar surface area (TPSA) is 75.7 Å². The van der Waals surface area contributed by atoms with Crippen LogP contribution in [0.4, 0.5) is 0 Å². The van der Waals surface area contributed by atoms with Crippen LogP contribution in [0, 0.1) is 0 Å². The van der Waals surface area contributed by atoms with Gasteiger partial charge >= 0.3 is 0 Å². The van der Waals surface area contributed by atoms with Crippen molar-refractivity contribution < 1.29 is 14.9 Å². The van der Waals surface area contributed by atoms with Crippen LogP contribution in [-0.2, 0) is 0 Å². The van der Waals surface area contributed by atoms with E-state index < -0.39 is 12.2 Å². The van der Waals surface area contributed by atoms with E-state index in [9.17, 15) is 10.2 Å². The molecule has 1 rings (SSSR count). The van der Waals surface area contributed by atoms with Gasteiger partial charge in [0.1, 0.15) is 11.9 Å². The molecule has 0 amide bonds. The number of ether oxygens (including phenoxy) is 1. The Kier molecular flexibility index (Phi) is 4.55.